The van der Waals surface area contributed by atoms with Crippen LogP contribution in [0.2, 0.25) is 0 Å². The van der Waals surface area contributed by atoms with Crippen LogP contribution in [0.5, 0.6) is 0 Å². The maximum atomic E-state index is 13.0. The van der Waals surface area contributed by atoms with E-state index in [9.17, 15) is 14.0 Å². The number of aromatic nitrogens is 2. The van der Waals surface area contributed by atoms with Crippen LogP contribution in [-0.2, 0) is 6.54 Å². The molecule has 0 spiro atoms. The predicted octanol–water partition coefficient (Wildman–Crippen LogP) is 1.18. The third-order valence-electron chi connectivity index (χ3n) is 2.55. The molecule has 0 aliphatic heterocycles. The molecule has 5 nitrogen and oxygen atoms in total. The lowest BCUT2D eigenvalue weighted by atomic mass is 10.2. The van der Waals surface area contributed by atoms with E-state index in [0.717, 1.165) is 0 Å². The van der Waals surface area contributed by atoms with Gasteiger partial charge in [0.05, 0.1) is 0 Å². The molecule has 1 aromatic carbocycles. The van der Waals surface area contributed by atoms with Crippen LogP contribution in [0.15, 0.2) is 41.2 Å². The van der Waals surface area contributed by atoms with Gasteiger partial charge in [-0.1, -0.05) is 12.1 Å². The molecule has 0 radical (unpaired) electrons. The van der Waals surface area contributed by atoms with E-state index in [-0.39, 0.29) is 29.5 Å². The number of nitrogens with one attached hydrogen (secondary N) is 1. The second-order valence-electron chi connectivity index (χ2n) is 4.10. The van der Waals surface area contributed by atoms with Crippen molar-refractivity contribution in [3.05, 3.63) is 63.8 Å². The molecule has 6 heteroatoms. The number of carbonyl (C=O) groups is 1. The normalized spacial score (nSPS) is 10.2. The van der Waals surface area contributed by atoms with Crippen LogP contribution in [0.3, 0.4) is 0 Å². The quantitative estimate of drug-likeness (QED) is 0.902. The van der Waals surface area contributed by atoms with Crippen molar-refractivity contribution in [2.75, 3.05) is 7.05 Å². The summed E-state index contributed by atoms with van der Waals surface area (Å²) in [6.45, 7) is 0.261. The minimum Gasteiger partial charge on any atom is -0.336 e. The number of rotatable bonds is 3. The average Bonchev–Trinajstić information content (AvgIpc) is 2.39. The van der Waals surface area contributed by atoms with Crippen LogP contribution < -0.4 is 5.56 Å². The van der Waals surface area contributed by atoms with Gasteiger partial charge >= 0.3 is 0 Å². The summed E-state index contributed by atoms with van der Waals surface area (Å²) in [5, 5.41) is 5.85. The van der Waals surface area contributed by atoms with Gasteiger partial charge in [-0.2, -0.15) is 5.10 Å². The van der Waals surface area contributed by atoms with E-state index in [0.29, 0.717) is 5.56 Å². The van der Waals surface area contributed by atoms with Crippen LogP contribution in [0.4, 0.5) is 4.39 Å². The fourth-order valence-electron chi connectivity index (χ4n) is 1.64. The minimum atomic E-state index is -0.371. The zero-order chi connectivity index (χ0) is 13.8. The van der Waals surface area contributed by atoms with Gasteiger partial charge in [-0.15, -0.1) is 0 Å². The van der Waals surface area contributed by atoms with Gasteiger partial charge in [0.15, 0.2) is 0 Å². The molecular weight excluding hydrogens is 249 g/mol. The summed E-state index contributed by atoms with van der Waals surface area (Å²) in [7, 11) is 1.58. The van der Waals surface area contributed by atoms with Gasteiger partial charge in [-0.25, -0.2) is 9.49 Å². The molecule has 0 atom stereocenters. The second-order valence-corrected chi connectivity index (χ2v) is 4.10. The Morgan fingerprint density at radius 2 is 2.16 bits per heavy atom. The Kier molecular flexibility index (Phi) is 3.70. The Labute approximate surface area is 108 Å². The maximum absolute atomic E-state index is 13.0. The van der Waals surface area contributed by atoms with E-state index < -0.39 is 0 Å². The molecule has 2 aromatic rings. The van der Waals surface area contributed by atoms with Crippen molar-refractivity contribution in [3.63, 3.8) is 0 Å². The number of hydrogen-bond donors (Lipinski definition) is 1. The minimum absolute atomic E-state index is 0.138. The van der Waals surface area contributed by atoms with Gasteiger partial charge in [-0.3, -0.25) is 9.59 Å². The Hall–Kier alpha value is -2.50. The number of H-pyrrole nitrogens is 1. The second kappa shape index (κ2) is 5.43. The van der Waals surface area contributed by atoms with Crippen molar-refractivity contribution in [2.45, 2.75) is 6.54 Å². The van der Waals surface area contributed by atoms with Crippen molar-refractivity contribution in [1.82, 2.24) is 15.1 Å². The third-order valence-corrected chi connectivity index (χ3v) is 2.55. The van der Waals surface area contributed by atoms with Crippen molar-refractivity contribution >= 4 is 5.91 Å². The molecule has 0 unspecified atom stereocenters. The highest BCUT2D eigenvalue weighted by Crippen LogP contribution is 2.08. The highest BCUT2D eigenvalue weighted by atomic mass is 19.1. The number of amides is 1. The maximum Gasteiger partial charge on any atom is 0.274 e. The number of carbonyl (C=O) groups excluding carboxylic acids is 1. The number of aromatic amines is 1. The summed E-state index contributed by atoms with van der Waals surface area (Å²) in [4.78, 5) is 24.2. The summed E-state index contributed by atoms with van der Waals surface area (Å²) in [5.74, 6) is -0.693. The molecule has 1 heterocycles. The molecule has 1 amide bonds. The van der Waals surface area contributed by atoms with E-state index >= 15 is 0 Å². The SMILES string of the molecule is CN(Cc1cccc(F)c1)C(=O)c1ccc(=O)[nH]n1. The first kappa shape index (κ1) is 12.9. The molecule has 0 aliphatic carbocycles. The highest BCUT2D eigenvalue weighted by Gasteiger charge is 2.13. The fraction of sp³-hybridized carbons (Fsp3) is 0.154. The summed E-state index contributed by atoms with van der Waals surface area (Å²) in [6.07, 6.45) is 0. The van der Waals surface area contributed by atoms with Crippen LogP contribution in [0, 0.1) is 5.82 Å². The standard InChI is InChI=1S/C13H12FN3O2/c1-17(8-9-3-2-4-10(14)7-9)13(19)11-5-6-12(18)16-15-11/h2-7H,8H2,1H3,(H,16,18). The van der Waals surface area contributed by atoms with Gasteiger partial charge in [0.2, 0.25) is 0 Å². The number of benzene rings is 1. The summed E-state index contributed by atoms with van der Waals surface area (Å²) in [5.41, 5.74) is 0.447. The smallest absolute Gasteiger partial charge is 0.274 e. The van der Waals surface area contributed by atoms with Crippen molar-refractivity contribution < 1.29 is 9.18 Å². The fourth-order valence-corrected chi connectivity index (χ4v) is 1.64. The van der Waals surface area contributed by atoms with Crippen molar-refractivity contribution in [2.24, 2.45) is 0 Å². The first-order valence-corrected chi connectivity index (χ1v) is 5.62. The highest BCUT2D eigenvalue weighted by molar-refractivity contribution is 5.91. The zero-order valence-electron chi connectivity index (χ0n) is 10.3. The molecule has 0 fully saturated rings. The molecular formula is C13H12FN3O2. The summed E-state index contributed by atoms with van der Waals surface area (Å²) >= 11 is 0. The third kappa shape index (κ3) is 3.25. The van der Waals surface area contributed by atoms with Gasteiger partial charge in [0.1, 0.15) is 11.5 Å². The molecule has 0 saturated heterocycles. The van der Waals surface area contributed by atoms with Crippen molar-refractivity contribution in [1.29, 1.82) is 0 Å². The number of halogens is 1. The van der Waals surface area contributed by atoms with Gasteiger partial charge < -0.3 is 4.90 Å². The van der Waals surface area contributed by atoms with Gasteiger partial charge in [0, 0.05) is 19.7 Å². The van der Waals surface area contributed by atoms with Gasteiger partial charge in [0.25, 0.3) is 11.5 Å². The molecule has 1 N–H and O–H groups in total. The van der Waals surface area contributed by atoms with E-state index in [1.54, 1.807) is 19.2 Å². The first-order valence-electron chi connectivity index (χ1n) is 5.62. The molecule has 0 bridgehead atoms. The summed E-state index contributed by atoms with van der Waals surface area (Å²) < 4.78 is 13.0. The largest absolute Gasteiger partial charge is 0.336 e. The Morgan fingerprint density at radius 1 is 1.37 bits per heavy atom. The summed E-state index contributed by atoms with van der Waals surface area (Å²) in [6, 6.07) is 8.60. The Morgan fingerprint density at radius 3 is 2.79 bits per heavy atom. The van der Waals surface area contributed by atoms with E-state index in [2.05, 4.69) is 10.2 Å². The monoisotopic (exact) mass is 261 g/mol. The molecule has 0 saturated carbocycles. The first-order chi connectivity index (χ1) is 9.06. The molecule has 98 valence electrons. The molecule has 0 aliphatic rings. The lowest BCUT2D eigenvalue weighted by Crippen LogP contribution is -2.28. The molecule has 19 heavy (non-hydrogen) atoms. The van der Waals surface area contributed by atoms with Crippen LogP contribution in [0.1, 0.15) is 16.1 Å². The molecule has 2 rings (SSSR count). The topological polar surface area (TPSA) is 66.1 Å². The lowest BCUT2D eigenvalue weighted by molar-refractivity contribution is 0.0778. The van der Waals surface area contributed by atoms with Crippen LogP contribution in [0.25, 0.3) is 0 Å². The van der Waals surface area contributed by atoms with E-state index in [4.69, 9.17) is 0 Å². The van der Waals surface area contributed by atoms with Crippen LogP contribution in [-0.4, -0.2) is 28.1 Å². The Bertz CT molecular complexity index is 634. The van der Waals surface area contributed by atoms with E-state index in [1.165, 1.54) is 29.2 Å². The predicted molar refractivity (Wildman–Crippen MR) is 67.1 cm³/mol. The van der Waals surface area contributed by atoms with Crippen LogP contribution >= 0.6 is 0 Å². The average molecular weight is 261 g/mol. The Balaban J connectivity index is 2.11. The lowest BCUT2D eigenvalue weighted by Gasteiger charge is -2.16. The molecule has 1 aromatic heterocycles. The number of hydrogen-bond acceptors (Lipinski definition) is 3. The zero-order valence-corrected chi connectivity index (χ0v) is 10.3. The van der Waals surface area contributed by atoms with Crippen molar-refractivity contribution in [3.8, 4) is 0 Å². The number of nitrogens with zero attached hydrogens (tertiary/aromatic N) is 2. The van der Waals surface area contributed by atoms with Gasteiger partial charge in [-0.05, 0) is 23.8 Å². The van der Waals surface area contributed by atoms with E-state index in [1.807, 2.05) is 0 Å².